The Morgan fingerprint density at radius 1 is 1.32 bits per heavy atom. The molecule has 2 aromatic rings. The first-order chi connectivity index (χ1) is 9.31. The highest BCUT2D eigenvalue weighted by Gasteiger charge is 2.09. The Morgan fingerprint density at radius 3 is 2.89 bits per heavy atom. The number of aromatic nitrogens is 3. The fourth-order valence-electron chi connectivity index (χ4n) is 1.59. The van der Waals surface area contributed by atoms with Gasteiger partial charge < -0.3 is 14.6 Å². The molecule has 1 heterocycles. The first-order valence-corrected chi connectivity index (χ1v) is 6.14. The van der Waals surface area contributed by atoms with Gasteiger partial charge in [-0.15, -0.1) is 0 Å². The molecular formula is C13H17N3O3. The monoisotopic (exact) mass is 263 g/mol. The predicted molar refractivity (Wildman–Crippen MR) is 69.4 cm³/mol. The lowest BCUT2D eigenvalue weighted by atomic mass is 10.3. The molecule has 0 fully saturated rings. The molecule has 0 bridgehead atoms. The number of para-hydroxylation sites is 2. The van der Waals surface area contributed by atoms with E-state index >= 15 is 0 Å². The van der Waals surface area contributed by atoms with Crippen LogP contribution < -0.4 is 4.74 Å². The first-order valence-electron chi connectivity index (χ1n) is 6.14. The van der Waals surface area contributed by atoms with Crippen LogP contribution in [0.3, 0.4) is 0 Å². The van der Waals surface area contributed by atoms with Gasteiger partial charge in [0.05, 0.1) is 6.61 Å². The summed E-state index contributed by atoms with van der Waals surface area (Å²) in [6.45, 7) is 2.90. The summed E-state index contributed by atoms with van der Waals surface area (Å²) in [4.78, 5) is 3.90. The number of ether oxygens (including phenoxy) is 2. The molecule has 19 heavy (non-hydrogen) atoms. The summed E-state index contributed by atoms with van der Waals surface area (Å²) in [5, 5.41) is 13.7. The van der Waals surface area contributed by atoms with Crippen molar-refractivity contribution in [2.75, 3.05) is 19.8 Å². The van der Waals surface area contributed by atoms with Crippen LogP contribution in [0.15, 0.2) is 36.9 Å². The van der Waals surface area contributed by atoms with Crippen LogP contribution >= 0.6 is 0 Å². The molecule has 6 nitrogen and oxygen atoms in total. The SMILES string of the molecule is CCOCC(O)COc1ccccc1-n1cncn1. The Kier molecular flexibility index (Phi) is 4.88. The Balaban J connectivity index is 2.01. The van der Waals surface area contributed by atoms with Crippen molar-refractivity contribution in [3.8, 4) is 11.4 Å². The molecule has 1 atom stereocenters. The zero-order valence-corrected chi connectivity index (χ0v) is 10.8. The third kappa shape index (κ3) is 3.77. The summed E-state index contributed by atoms with van der Waals surface area (Å²) in [5.41, 5.74) is 0.781. The Hall–Kier alpha value is -1.92. The number of aliphatic hydroxyl groups excluding tert-OH is 1. The number of nitrogens with zero attached hydrogens (tertiary/aromatic N) is 3. The Bertz CT molecular complexity index is 488. The molecule has 0 amide bonds. The number of aliphatic hydroxyl groups is 1. The lowest BCUT2D eigenvalue weighted by Gasteiger charge is -2.14. The average Bonchev–Trinajstić information content (AvgIpc) is 2.97. The van der Waals surface area contributed by atoms with E-state index in [1.165, 1.54) is 6.33 Å². The maximum absolute atomic E-state index is 9.68. The van der Waals surface area contributed by atoms with Crippen LogP contribution in [0.2, 0.25) is 0 Å². The van der Waals surface area contributed by atoms with Crippen molar-refractivity contribution in [2.45, 2.75) is 13.0 Å². The van der Waals surface area contributed by atoms with Gasteiger partial charge in [-0.1, -0.05) is 12.1 Å². The van der Waals surface area contributed by atoms with E-state index in [9.17, 15) is 5.11 Å². The third-order valence-electron chi connectivity index (χ3n) is 2.48. The largest absolute Gasteiger partial charge is 0.489 e. The average molecular weight is 263 g/mol. The molecule has 1 N–H and O–H groups in total. The summed E-state index contributed by atoms with van der Waals surface area (Å²) in [6.07, 6.45) is 2.41. The minimum atomic E-state index is -0.649. The molecule has 2 rings (SSSR count). The molecule has 1 unspecified atom stereocenters. The van der Waals surface area contributed by atoms with Crippen molar-refractivity contribution >= 4 is 0 Å². The van der Waals surface area contributed by atoms with E-state index in [4.69, 9.17) is 9.47 Å². The van der Waals surface area contributed by atoms with Crippen molar-refractivity contribution < 1.29 is 14.6 Å². The summed E-state index contributed by atoms with van der Waals surface area (Å²) in [6, 6.07) is 7.45. The zero-order chi connectivity index (χ0) is 13.5. The first kappa shape index (κ1) is 13.5. The number of hydrogen-bond donors (Lipinski definition) is 1. The maximum Gasteiger partial charge on any atom is 0.145 e. The second-order valence-electron chi connectivity index (χ2n) is 3.93. The van der Waals surface area contributed by atoms with Crippen LogP contribution in [0.1, 0.15) is 6.92 Å². The lowest BCUT2D eigenvalue weighted by molar-refractivity contribution is 0.0164. The summed E-state index contributed by atoms with van der Waals surface area (Å²) in [5.74, 6) is 0.642. The second-order valence-corrected chi connectivity index (χ2v) is 3.93. The third-order valence-corrected chi connectivity index (χ3v) is 2.48. The second kappa shape index (κ2) is 6.86. The van der Waals surface area contributed by atoms with Gasteiger partial charge in [-0.3, -0.25) is 0 Å². The van der Waals surface area contributed by atoms with Gasteiger partial charge in [0.15, 0.2) is 0 Å². The van der Waals surface area contributed by atoms with E-state index in [0.29, 0.717) is 12.4 Å². The molecule has 102 valence electrons. The highest BCUT2D eigenvalue weighted by molar-refractivity contribution is 5.45. The van der Waals surface area contributed by atoms with E-state index in [2.05, 4.69) is 10.1 Å². The van der Waals surface area contributed by atoms with Crippen molar-refractivity contribution in [2.24, 2.45) is 0 Å². The molecule has 0 aliphatic carbocycles. The Morgan fingerprint density at radius 2 is 2.16 bits per heavy atom. The smallest absolute Gasteiger partial charge is 0.145 e. The highest BCUT2D eigenvalue weighted by atomic mass is 16.5. The van der Waals surface area contributed by atoms with Crippen molar-refractivity contribution in [3.63, 3.8) is 0 Å². The van der Waals surface area contributed by atoms with Gasteiger partial charge in [-0.05, 0) is 19.1 Å². The molecule has 6 heteroatoms. The van der Waals surface area contributed by atoms with Crippen molar-refractivity contribution in [3.05, 3.63) is 36.9 Å². The van der Waals surface area contributed by atoms with Crippen molar-refractivity contribution in [1.29, 1.82) is 0 Å². The van der Waals surface area contributed by atoms with Gasteiger partial charge >= 0.3 is 0 Å². The van der Waals surface area contributed by atoms with Crippen molar-refractivity contribution in [1.82, 2.24) is 14.8 Å². The van der Waals surface area contributed by atoms with Crippen LogP contribution in [0.25, 0.3) is 5.69 Å². The topological polar surface area (TPSA) is 69.4 Å². The zero-order valence-electron chi connectivity index (χ0n) is 10.8. The fraction of sp³-hybridized carbons (Fsp3) is 0.385. The standard InChI is InChI=1S/C13H17N3O3/c1-2-18-7-11(17)8-19-13-6-4-3-5-12(13)16-10-14-9-15-16/h3-6,9-11,17H,2,7-8H2,1H3. The minimum absolute atomic E-state index is 0.172. The molecule has 0 aliphatic heterocycles. The van der Waals surface area contributed by atoms with E-state index in [1.54, 1.807) is 11.0 Å². The van der Waals surface area contributed by atoms with Crippen LogP contribution in [0, 0.1) is 0 Å². The molecule has 0 saturated heterocycles. The lowest BCUT2D eigenvalue weighted by Crippen LogP contribution is -2.23. The van der Waals surface area contributed by atoms with Crippen LogP contribution in [-0.4, -0.2) is 45.8 Å². The van der Waals surface area contributed by atoms with Crippen LogP contribution in [0.5, 0.6) is 5.75 Å². The van der Waals surface area contributed by atoms with E-state index in [-0.39, 0.29) is 13.2 Å². The molecule has 1 aromatic heterocycles. The molecule has 0 radical (unpaired) electrons. The van der Waals surface area contributed by atoms with Crippen LogP contribution in [-0.2, 0) is 4.74 Å². The highest BCUT2D eigenvalue weighted by Crippen LogP contribution is 2.21. The predicted octanol–water partition coefficient (Wildman–Crippen LogP) is 1.04. The summed E-state index contributed by atoms with van der Waals surface area (Å²) < 4.78 is 12.3. The normalized spacial score (nSPS) is 12.3. The van der Waals surface area contributed by atoms with Gasteiger partial charge in [-0.2, -0.15) is 5.10 Å². The molecule has 0 saturated carbocycles. The fourth-order valence-corrected chi connectivity index (χ4v) is 1.59. The quantitative estimate of drug-likeness (QED) is 0.808. The summed E-state index contributed by atoms with van der Waals surface area (Å²) in [7, 11) is 0. The van der Waals surface area contributed by atoms with Gasteiger partial charge in [0.1, 0.15) is 36.8 Å². The summed E-state index contributed by atoms with van der Waals surface area (Å²) >= 11 is 0. The molecule has 0 spiro atoms. The number of benzene rings is 1. The number of hydrogen-bond acceptors (Lipinski definition) is 5. The van der Waals surface area contributed by atoms with E-state index in [0.717, 1.165) is 5.69 Å². The Labute approximate surface area is 111 Å². The van der Waals surface area contributed by atoms with Crippen LogP contribution in [0.4, 0.5) is 0 Å². The van der Waals surface area contributed by atoms with Gasteiger partial charge in [0, 0.05) is 6.61 Å². The van der Waals surface area contributed by atoms with Gasteiger partial charge in [-0.25, -0.2) is 9.67 Å². The molecule has 1 aromatic carbocycles. The minimum Gasteiger partial charge on any atom is -0.489 e. The maximum atomic E-state index is 9.68. The van der Waals surface area contributed by atoms with Gasteiger partial charge in [0.2, 0.25) is 0 Å². The molecular weight excluding hydrogens is 246 g/mol. The van der Waals surface area contributed by atoms with Gasteiger partial charge in [0.25, 0.3) is 0 Å². The molecule has 0 aliphatic rings. The van der Waals surface area contributed by atoms with E-state index < -0.39 is 6.10 Å². The number of rotatable bonds is 7. The van der Waals surface area contributed by atoms with E-state index in [1.807, 2.05) is 31.2 Å².